The van der Waals surface area contributed by atoms with Gasteiger partial charge in [0.2, 0.25) is 0 Å². The number of thioether (sulfide) groups is 1. The number of nitrogens with two attached hydrogens (primary N) is 1. The molecule has 0 unspecified atom stereocenters. The minimum atomic E-state index is 0.699. The van der Waals surface area contributed by atoms with Gasteiger partial charge in [-0.1, -0.05) is 36.4 Å². The minimum Gasteiger partial charge on any atom is -0.383 e. The van der Waals surface area contributed by atoms with Gasteiger partial charge in [-0.3, -0.25) is 4.98 Å². The van der Waals surface area contributed by atoms with Crippen LogP contribution in [0.1, 0.15) is 11.3 Å². The highest BCUT2D eigenvalue weighted by Gasteiger charge is 2.21. The van der Waals surface area contributed by atoms with Gasteiger partial charge in [0.05, 0.1) is 17.6 Å². The van der Waals surface area contributed by atoms with Gasteiger partial charge in [-0.2, -0.15) is 21.4 Å². The van der Waals surface area contributed by atoms with Crippen molar-refractivity contribution in [1.82, 2.24) is 19.6 Å². The number of hydrogen-bond acceptors (Lipinski definition) is 5. The fourth-order valence-electron chi connectivity index (χ4n) is 3.16. The van der Waals surface area contributed by atoms with Crippen LogP contribution >= 0.6 is 11.8 Å². The van der Waals surface area contributed by atoms with Crippen molar-refractivity contribution in [3.05, 3.63) is 66.1 Å². The summed E-state index contributed by atoms with van der Waals surface area (Å²) in [7, 11) is 0. The number of anilines is 1. The van der Waals surface area contributed by atoms with Gasteiger partial charge in [-0.25, -0.2) is 4.98 Å². The third-order valence-electron chi connectivity index (χ3n) is 4.50. The molecule has 4 aromatic rings. The van der Waals surface area contributed by atoms with E-state index in [-0.39, 0.29) is 0 Å². The second-order valence-electron chi connectivity index (χ2n) is 6.01. The summed E-state index contributed by atoms with van der Waals surface area (Å²) in [5, 5.41) is 4.44. The summed E-state index contributed by atoms with van der Waals surface area (Å²) >= 11 is 1.84. The Morgan fingerprint density at radius 1 is 0.960 bits per heavy atom. The van der Waals surface area contributed by atoms with Crippen molar-refractivity contribution in [3.63, 3.8) is 0 Å². The van der Waals surface area contributed by atoms with Crippen LogP contribution < -0.4 is 5.73 Å². The van der Waals surface area contributed by atoms with Crippen LogP contribution in [0, 0.1) is 0 Å². The Labute approximate surface area is 148 Å². The van der Waals surface area contributed by atoms with Crippen molar-refractivity contribution in [2.75, 3.05) is 5.73 Å². The van der Waals surface area contributed by atoms with Crippen LogP contribution in [0.4, 0.5) is 5.82 Å². The molecule has 0 saturated carbocycles. The lowest BCUT2D eigenvalue weighted by Gasteiger charge is -2.06. The molecule has 5 nitrogen and oxygen atoms in total. The fourth-order valence-corrected chi connectivity index (χ4v) is 4.21. The van der Waals surface area contributed by atoms with Crippen molar-refractivity contribution in [3.8, 4) is 22.4 Å². The normalized spacial score (nSPS) is 13.3. The van der Waals surface area contributed by atoms with Crippen molar-refractivity contribution in [2.45, 2.75) is 11.5 Å². The predicted molar refractivity (Wildman–Crippen MR) is 101 cm³/mol. The molecular formula is C19H15N5S. The number of hydrogen-bond donors (Lipinski definition) is 1. The monoisotopic (exact) mass is 345 g/mol. The lowest BCUT2D eigenvalue weighted by Crippen LogP contribution is -2.06. The quantitative estimate of drug-likeness (QED) is 0.599. The van der Waals surface area contributed by atoms with Crippen LogP contribution in [0.3, 0.4) is 0 Å². The Morgan fingerprint density at radius 3 is 2.64 bits per heavy atom. The number of pyridine rings is 1. The molecule has 4 heterocycles. The van der Waals surface area contributed by atoms with Gasteiger partial charge in [0.1, 0.15) is 5.82 Å². The standard InChI is InChI=1S/C19H15N5S/c20-18-15-10-25-11-17(15)23-19-14(9-22-24(18)19)13-6-7-16(21-8-13)12-4-2-1-3-5-12/h1-9H,10-11,20H2. The van der Waals surface area contributed by atoms with E-state index in [1.807, 2.05) is 48.4 Å². The molecule has 1 aliphatic heterocycles. The van der Waals surface area contributed by atoms with Gasteiger partial charge in [0.25, 0.3) is 0 Å². The molecule has 5 rings (SSSR count). The fraction of sp³-hybridized carbons (Fsp3) is 0.105. The average molecular weight is 345 g/mol. The van der Waals surface area contributed by atoms with Gasteiger partial charge in [0.15, 0.2) is 5.65 Å². The molecule has 0 fully saturated rings. The molecule has 1 aliphatic rings. The third kappa shape index (κ3) is 2.29. The molecule has 0 radical (unpaired) electrons. The summed E-state index contributed by atoms with van der Waals surface area (Å²) in [5.74, 6) is 2.52. The number of aromatic nitrogens is 4. The van der Waals surface area contributed by atoms with Gasteiger partial charge >= 0.3 is 0 Å². The molecule has 0 spiro atoms. The van der Waals surface area contributed by atoms with Crippen molar-refractivity contribution in [1.29, 1.82) is 0 Å². The summed E-state index contributed by atoms with van der Waals surface area (Å²) in [6, 6.07) is 14.2. The van der Waals surface area contributed by atoms with Crippen molar-refractivity contribution in [2.24, 2.45) is 0 Å². The topological polar surface area (TPSA) is 69.1 Å². The highest BCUT2D eigenvalue weighted by molar-refractivity contribution is 7.98. The first kappa shape index (κ1) is 14.5. The molecule has 0 atom stereocenters. The number of fused-ring (bicyclic) bond motifs is 2. The van der Waals surface area contributed by atoms with E-state index in [9.17, 15) is 0 Å². The Kier molecular flexibility index (Phi) is 3.24. The van der Waals surface area contributed by atoms with Crippen LogP contribution in [-0.2, 0) is 11.5 Å². The van der Waals surface area contributed by atoms with Crippen LogP contribution in [0.2, 0.25) is 0 Å². The summed E-state index contributed by atoms with van der Waals surface area (Å²) in [4.78, 5) is 9.41. The third-order valence-corrected chi connectivity index (χ3v) is 5.47. The minimum absolute atomic E-state index is 0.699. The second-order valence-corrected chi connectivity index (χ2v) is 6.99. The van der Waals surface area contributed by atoms with E-state index in [1.54, 1.807) is 4.52 Å². The Balaban J connectivity index is 1.61. The van der Waals surface area contributed by atoms with Gasteiger partial charge < -0.3 is 5.73 Å². The van der Waals surface area contributed by atoms with E-state index in [1.165, 1.54) is 0 Å². The van der Waals surface area contributed by atoms with Crippen LogP contribution in [0.15, 0.2) is 54.9 Å². The Hall–Kier alpha value is -2.86. The molecule has 0 amide bonds. The summed E-state index contributed by atoms with van der Waals surface area (Å²) in [5.41, 5.74) is 13.3. The molecular weight excluding hydrogens is 330 g/mol. The maximum atomic E-state index is 6.29. The first-order chi connectivity index (χ1) is 12.3. The van der Waals surface area contributed by atoms with E-state index in [4.69, 9.17) is 10.7 Å². The first-order valence-corrected chi connectivity index (χ1v) is 9.21. The maximum absolute atomic E-state index is 6.29. The number of rotatable bonds is 2. The van der Waals surface area contributed by atoms with Crippen molar-refractivity contribution < 1.29 is 0 Å². The lowest BCUT2D eigenvalue weighted by molar-refractivity contribution is 0.930. The summed E-state index contributed by atoms with van der Waals surface area (Å²) in [6.45, 7) is 0. The molecule has 25 heavy (non-hydrogen) atoms. The smallest absolute Gasteiger partial charge is 0.165 e. The highest BCUT2D eigenvalue weighted by Crippen LogP contribution is 2.35. The molecule has 1 aromatic carbocycles. The maximum Gasteiger partial charge on any atom is 0.165 e. The van der Waals surface area contributed by atoms with Gasteiger partial charge in [0, 0.05) is 40.0 Å². The lowest BCUT2D eigenvalue weighted by atomic mass is 10.1. The Bertz CT molecular complexity index is 1070. The average Bonchev–Trinajstić information content (AvgIpc) is 3.30. The number of benzene rings is 1. The first-order valence-electron chi connectivity index (χ1n) is 8.06. The number of nitrogens with zero attached hydrogens (tertiary/aromatic N) is 4. The largest absolute Gasteiger partial charge is 0.383 e. The van der Waals surface area contributed by atoms with E-state index in [0.29, 0.717) is 5.82 Å². The van der Waals surface area contributed by atoms with E-state index < -0.39 is 0 Å². The summed E-state index contributed by atoms with van der Waals surface area (Å²) < 4.78 is 1.74. The highest BCUT2D eigenvalue weighted by atomic mass is 32.2. The number of nitrogen functional groups attached to an aromatic ring is 1. The van der Waals surface area contributed by atoms with E-state index in [2.05, 4.69) is 28.3 Å². The van der Waals surface area contributed by atoms with E-state index in [0.717, 1.165) is 50.8 Å². The molecule has 0 saturated heterocycles. The van der Waals surface area contributed by atoms with E-state index >= 15 is 0 Å². The zero-order valence-electron chi connectivity index (χ0n) is 13.4. The van der Waals surface area contributed by atoms with Crippen LogP contribution in [0.25, 0.3) is 28.0 Å². The molecule has 3 aromatic heterocycles. The zero-order valence-corrected chi connectivity index (χ0v) is 14.2. The molecule has 0 bridgehead atoms. The molecule has 0 aliphatic carbocycles. The predicted octanol–water partition coefficient (Wildman–Crippen LogP) is 3.79. The van der Waals surface area contributed by atoms with Gasteiger partial charge in [-0.05, 0) is 6.07 Å². The second kappa shape index (κ2) is 5.60. The van der Waals surface area contributed by atoms with Crippen molar-refractivity contribution >= 4 is 23.2 Å². The zero-order chi connectivity index (χ0) is 16.8. The van der Waals surface area contributed by atoms with Gasteiger partial charge in [-0.15, -0.1) is 0 Å². The van der Waals surface area contributed by atoms with Crippen LogP contribution in [-0.4, -0.2) is 19.6 Å². The molecule has 2 N–H and O–H groups in total. The Morgan fingerprint density at radius 2 is 1.84 bits per heavy atom. The molecule has 6 heteroatoms. The SMILES string of the molecule is Nc1c2c(nc3c(-c4ccc(-c5ccccc5)nc4)cnn13)CSC2. The summed E-state index contributed by atoms with van der Waals surface area (Å²) in [6.07, 6.45) is 3.69. The van der Waals surface area contributed by atoms with Crippen LogP contribution in [0.5, 0.6) is 0 Å². The molecule has 122 valence electrons.